The molecule has 2 heterocycles. The first-order chi connectivity index (χ1) is 11.1. The first-order valence-electron chi connectivity index (χ1n) is 6.63. The van der Waals surface area contributed by atoms with Crippen LogP contribution in [-0.2, 0) is 0 Å². The highest BCUT2D eigenvalue weighted by atomic mass is 79.9. The van der Waals surface area contributed by atoms with Crippen LogP contribution >= 0.6 is 27.5 Å². The van der Waals surface area contributed by atoms with E-state index in [9.17, 15) is 4.79 Å². The van der Waals surface area contributed by atoms with Crippen molar-refractivity contribution in [1.29, 1.82) is 0 Å². The molecule has 3 aromatic rings. The molecule has 1 aromatic carbocycles. The molecule has 3 rings (SSSR count). The normalized spacial score (nSPS) is 11.0. The summed E-state index contributed by atoms with van der Waals surface area (Å²) in [5.41, 5.74) is 4.26. The Kier molecular flexibility index (Phi) is 4.64. The molecule has 0 fully saturated rings. The van der Waals surface area contributed by atoms with Gasteiger partial charge in [0.1, 0.15) is 5.15 Å². The Balaban J connectivity index is 1.78. The molecule has 0 saturated heterocycles. The number of rotatable bonds is 3. The number of carbonyl (C=O) groups excluding carboxylic acids is 1. The van der Waals surface area contributed by atoms with Crippen molar-refractivity contribution < 1.29 is 4.79 Å². The molecule has 1 N–H and O–H groups in total. The van der Waals surface area contributed by atoms with Gasteiger partial charge in [-0.15, -0.1) is 0 Å². The molecule has 0 bridgehead atoms. The molecule has 1 amide bonds. The summed E-state index contributed by atoms with van der Waals surface area (Å²) in [4.78, 5) is 20.2. The number of aromatic nitrogens is 2. The molecule has 0 aliphatic carbocycles. The maximum Gasteiger partial charge on any atom is 0.272 e. The number of hydrogen-bond acceptors (Lipinski definition) is 4. The summed E-state index contributed by atoms with van der Waals surface area (Å²) in [6.07, 6.45) is 4.52. The summed E-state index contributed by atoms with van der Waals surface area (Å²) in [5.74, 6) is -0.361. The molecule has 7 heteroatoms. The van der Waals surface area contributed by atoms with Crippen molar-refractivity contribution in [3.8, 4) is 0 Å². The third-order valence-electron chi connectivity index (χ3n) is 3.04. The lowest BCUT2D eigenvalue weighted by Gasteiger charge is -2.02. The molecule has 0 saturated carbocycles. The van der Waals surface area contributed by atoms with Crippen LogP contribution in [0.2, 0.25) is 5.15 Å². The highest BCUT2D eigenvalue weighted by Gasteiger charge is 2.06. The van der Waals surface area contributed by atoms with E-state index in [-0.39, 0.29) is 5.91 Å². The van der Waals surface area contributed by atoms with Gasteiger partial charge in [0.25, 0.3) is 5.91 Å². The van der Waals surface area contributed by atoms with Crippen molar-refractivity contribution in [2.24, 2.45) is 5.10 Å². The summed E-state index contributed by atoms with van der Waals surface area (Å²) < 4.78 is 0.718. The maximum absolute atomic E-state index is 12.0. The highest BCUT2D eigenvalue weighted by molar-refractivity contribution is 9.10. The van der Waals surface area contributed by atoms with Gasteiger partial charge in [-0.1, -0.05) is 29.8 Å². The second-order valence-corrected chi connectivity index (χ2v) is 5.93. The van der Waals surface area contributed by atoms with Crippen molar-refractivity contribution in [1.82, 2.24) is 15.4 Å². The fourth-order valence-corrected chi connectivity index (χ4v) is 2.52. The SMILES string of the molecule is O=C(NN=Cc1cc2ccccc2nc1Cl)c1cncc(Br)c1. The van der Waals surface area contributed by atoms with E-state index < -0.39 is 0 Å². The predicted molar refractivity (Wildman–Crippen MR) is 93.8 cm³/mol. The van der Waals surface area contributed by atoms with E-state index >= 15 is 0 Å². The fourth-order valence-electron chi connectivity index (χ4n) is 1.96. The number of hydrazone groups is 1. The number of para-hydroxylation sites is 1. The smallest absolute Gasteiger partial charge is 0.267 e. The number of pyridine rings is 2. The first kappa shape index (κ1) is 15.6. The van der Waals surface area contributed by atoms with E-state index in [2.05, 4.69) is 36.4 Å². The summed E-state index contributed by atoms with van der Waals surface area (Å²) in [6.45, 7) is 0. The van der Waals surface area contributed by atoms with E-state index in [1.807, 2.05) is 30.3 Å². The molecule has 0 spiro atoms. The fraction of sp³-hybridized carbons (Fsp3) is 0. The summed E-state index contributed by atoms with van der Waals surface area (Å²) in [6, 6.07) is 11.1. The van der Waals surface area contributed by atoms with Crippen LogP contribution in [0.25, 0.3) is 10.9 Å². The standard InChI is InChI=1S/C16H10BrClN4O/c17-13-6-12(7-19-9-13)16(23)22-20-8-11-5-10-3-1-2-4-14(10)21-15(11)18/h1-9H,(H,22,23). The van der Waals surface area contributed by atoms with Gasteiger partial charge >= 0.3 is 0 Å². The number of nitrogens with one attached hydrogen (secondary N) is 1. The highest BCUT2D eigenvalue weighted by Crippen LogP contribution is 2.18. The van der Waals surface area contributed by atoms with Crippen molar-refractivity contribution in [3.63, 3.8) is 0 Å². The Morgan fingerprint density at radius 2 is 2.09 bits per heavy atom. The summed E-state index contributed by atoms with van der Waals surface area (Å²) in [5, 5.41) is 5.19. The second kappa shape index (κ2) is 6.85. The van der Waals surface area contributed by atoms with Gasteiger partial charge in [0.15, 0.2) is 0 Å². The van der Waals surface area contributed by atoms with Gasteiger partial charge in [-0.05, 0) is 34.1 Å². The number of fused-ring (bicyclic) bond motifs is 1. The largest absolute Gasteiger partial charge is 0.272 e. The Morgan fingerprint density at radius 3 is 2.91 bits per heavy atom. The molecular formula is C16H10BrClN4O. The molecule has 0 radical (unpaired) electrons. The molecular weight excluding hydrogens is 380 g/mol. The van der Waals surface area contributed by atoms with E-state index in [1.165, 1.54) is 12.4 Å². The van der Waals surface area contributed by atoms with Crippen LogP contribution < -0.4 is 5.43 Å². The van der Waals surface area contributed by atoms with Crippen molar-refractivity contribution in [2.75, 3.05) is 0 Å². The van der Waals surface area contributed by atoms with Gasteiger partial charge < -0.3 is 0 Å². The molecule has 2 aromatic heterocycles. The molecule has 23 heavy (non-hydrogen) atoms. The molecule has 0 unspecified atom stereocenters. The lowest BCUT2D eigenvalue weighted by molar-refractivity contribution is 0.0954. The Bertz CT molecular complexity index is 913. The summed E-state index contributed by atoms with van der Waals surface area (Å²) >= 11 is 9.39. The zero-order chi connectivity index (χ0) is 16.2. The third-order valence-corrected chi connectivity index (χ3v) is 3.78. The van der Waals surface area contributed by atoms with Crippen LogP contribution in [0.1, 0.15) is 15.9 Å². The van der Waals surface area contributed by atoms with Crippen LogP contribution in [0.5, 0.6) is 0 Å². The lowest BCUT2D eigenvalue weighted by Crippen LogP contribution is -2.17. The minimum absolute atomic E-state index is 0.325. The number of benzene rings is 1. The zero-order valence-electron chi connectivity index (χ0n) is 11.7. The van der Waals surface area contributed by atoms with Crippen molar-refractivity contribution in [3.05, 3.63) is 69.5 Å². The zero-order valence-corrected chi connectivity index (χ0v) is 14.0. The molecule has 0 aliphatic heterocycles. The number of carbonyl (C=O) groups is 1. The lowest BCUT2D eigenvalue weighted by atomic mass is 10.2. The summed E-state index contributed by atoms with van der Waals surface area (Å²) in [7, 11) is 0. The van der Waals surface area contributed by atoms with Gasteiger partial charge in [-0.2, -0.15) is 5.10 Å². The van der Waals surface area contributed by atoms with Gasteiger partial charge in [-0.3, -0.25) is 9.78 Å². The van der Waals surface area contributed by atoms with E-state index in [1.54, 1.807) is 12.3 Å². The quantitative estimate of drug-likeness (QED) is 0.421. The molecule has 0 atom stereocenters. The minimum Gasteiger partial charge on any atom is -0.267 e. The van der Waals surface area contributed by atoms with Gasteiger partial charge in [0.2, 0.25) is 0 Å². The first-order valence-corrected chi connectivity index (χ1v) is 7.80. The number of amides is 1. The molecule has 0 aliphatic rings. The van der Waals surface area contributed by atoms with Gasteiger partial charge in [0, 0.05) is 27.8 Å². The van der Waals surface area contributed by atoms with Gasteiger partial charge in [-0.25, -0.2) is 10.4 Å². The molecule has 114 valence electrons. The predicted octanol–water partition coefficient (Wildman–Crippen LogP) is 3.81. The van der Waals surface area contributed by atoms with E-state index in [4.69, 9.17) is 11.6 Å². The van der Waals surface area contributed by atoms with Crippen LogP contribution in [0.4, 0.5) is 0 Å². The Labute approximate surface area is 145 Å². The number of nitrogens with zero attached hydrogens (tertiary/aromatic N) is 3. The average Bonchev–Trinajstić information content (AvgIpc) is 2.55. The van der Waals surface area contributed by atoms with Crippen LogP contribution in [-0.4, -0.2) is 22.1 Å². The van der Waals surface area contributed by atoms with Crippen LogP contribution in [0.15, 0.2) is 58.4 Å². The van der Waals surface area contributed by atoms with Gasteiger partial charge in [0.05, 0.1) is 17.3 Å². The second-order valence-electron chi connectivity index (χ2n) is 4.65. The topological polar surface area (TPSA) is 67.2 Å². The van der Waals surface area contributed by atoms with E-state index in [0.29, 0.717) is 16.3 Å². The number of hydrogen-bond donors (Lipinski definition) is 1. The van der Waals surface area contributed by atoms with Crippen molar-refractivity contribution >= 4 is 50.6 Å². The average molecular weight is 390 g/mol. The van der Waals surface area contributed by atoms with Crippen LogP contribution in [0.3, 0.4) is 0 Å². The maximum atomic E-state index is 12.0. The van der Waals surface area contributed by atoms with Crippen molar-refractivity contribution in [2.45, 2.75) is 0 Å². The molecule has 5 nitrogen and oxygen atoms in total. The Hall–Kier alpha value is -2.31. The third kappa shape index (κ3) is 3.72. The van der Waals surface area contributed by atoms with E-state index in [0.717, 1.165) is 15.4 Å². The monoisotopic (exact) mass is 388 g/mol. The minimum atomic E-state index is -0.361. The number of halogens is 2. The Morgan fingerprint density at radius 1 is 1.26 bits per heavy atom. The van der Waals surface area contributed by atoms with Crippen LogP contribution in [0, 0.1) is 0 Å².